The van der Waals surface area contributed by atoms with E-state index in [9.17, 15) is 13.2 Å². The number of sulfonamides is 1. The number of halogens is 1. The third-order valence-electron chi connectivity index (χ3n) is 4.82. The number of benzene rings is 1. The van der Waals surface area contributed by atoms with Crippen LogP contribution >= 0.6 is 22.9 Å². The van der Waals surface area contributed by atoms with Gasteiger partial charge in [-0.3, -0.25) is 9.78 Å². The maximum absolute atomic E-state index is 12.7. The van der Waals surface area contributed by atoms with Gasteiger partial charge in [-0.15, -0.1) is 11.3 Å². The third kappa shape index (κ3) is 4.65. The molecule has 0 aliphatic carbocycles. The number of hydrogen-bond acceptors (Lipinski definition) is 6. The molecular formula is C20H19ClN4O3S2. The SMILES string of the molecule is Nc1ccnc2cc(CN3CC[C@@H](NS(=O)(=O)/C=C/c4ccc(Cl)s4)C3=O)ccc12. The Morgan fingerprint density at radius 2 is 2.13 bits per heavy atom. The van der Waals surface area contributed by atoms with Gasteiger partial charge < -0.3 is 10.6 Å². The minimum absolute atomic E-state index is 0.244. The molecule has 30 heavy (non-hydrogen) atoms. The first-order valence-corrected chi connectivity index (χ1v) is 11.9. The quantitative estimate of drug-likeness (QED) is 0.585. The summed E-state index contributed by atoms with van der Waals surface area (Å²) in [5.41, 5.74) is 8.27. The molecule has 7 nitrogen and oxygen atoms in total. The van der Waals surface area contributed by atoms with Crippen LogP contribution in [0.15, 0.2) is 48.0 Å². The number of carbonyl (C=O) groups excluding carboxylic acids is 1. The lowest BCUT2D eigenvalue weighted by Gasteiger charge is -2.17. The molecule has 1 fully saturated rings. The van der Waals surface area contributed by atoms with Crippen molar-refractivity contribution in [2.75, 3.05) is 12.3 Å². The first-order valence-electron chi connectivity index (χ1n) is 9.18. The second-order valence-electron chi connectivity index (χ2n) is 6.96. The van der Waals surface area contributed by atoms with Crippen LogP contribution in [0.25, 0.3) is 17.0 Å². The number of nitrogen functional groups attached to an aromatic ring is 1. The van der Waals surface area contributed by atoms with Crippen LogP contribution in [-0.2, 0) is 21.4 Å². The van der Waals surface area contributed by atoms with Crippen molar-refractivity contribution in [3.63, 3.8) is 0 Å². The summed E-state index contributed by atoms with van der Waals surface area (Å²) in [4.78, 5) is 19.4. The van der Waals surface area contributed by atoms with Gasteiger partial charge in [-0.1, -0.05) is 23.7 Å². The number of rotatable bonds is 6. The zero-order valence-corrected chi connectivity index (χ0v) is 18.2. The van der Waals surface area contributed by atoms with Crippen LogP contribution in [-0.4, -0.2) is 36.8 Å². The number of nitrogens with one attached hydrogen (secondary N) is 1. The summed E-state index contributed by atoms with van der Waals surface area (Å²) in [5, 5.41) is 1.92. The van der Waals surface area contributed by atoms with E-state index in [0.29, 0.717) is 29.5 Å². The number of nitrogens with two attached hydrogens (primary N) is 1. The molecule has 0 unspecified atom stereocenters. The smallest absolute Gasteiger partial charge is 0.241 e. The summed E-state index contributed by atoms with van der Waals surface area (Å²) in [7, 11) is -3.76. The summed E-state index contributed by atoms with van der Waals surface area (Å²) >= 11 is 7.12. The number of fused-ring (bicyclic) bond motifs is 1. The fourth-order valence-electron chi connectivity index (χ4n) is 3.35. The molecule has 0 radical (unpaired) electrons. The Morgan fingerprint density at radius 3 is 2.90 bits per heavy atom. The van der Waals surface area contributed by atoms with E-state index in [1.807, 2.05) is 18.2 Å². The summed E-state index contributed by atoms with van der Waals surface area (Å²) < 4.78 is 27.7. The maximum Gasteiger partial charge on any atom is 0.241 e. The molecule has 156 valence electrons. The highest BCUT2D eigenvalue weighted by Crippen LogP contribution is 2.24. The van der Waals surface area contributed by atoms with Crippen molar-refractivity contribution in [1.82, 2.24) is 14.6 Å². The number of nitrogens with zero attached hydrogens (tertiary/aromatic N) is 2. The van der Waals surface area contributed by atoms with E-state index in [1.165, 1.54) is 17.4 Å². The normalized spacial score (nSPS) is 17.4. The van der Waals surface area contributed by atoms with Crippen molar-refractivity contribution in [1.29, 1.82) is 0 Å². The first-order chi connectivity index (χ1) is 14.3. The lowest BCUT2D eigenvalue weighted by molar-refractivity contribution is -0.129. The van der Waals surface area contributed by atoms with Crippen LogP contribution in [0.5, 0.6) is 0 Å². The number of thiophene rings is 1. The van der Waals surface area contributed by atoms with Crippen molar-refractivity contribution < 1.29 is 13.2 Å². The predicted octanol–water partition coefficient (Wildman–Crippen LogP) is 3.22. The van der Waals surface area contributed by atoms with Crippen LogP contribution in [0.4, 0.5) is 5.69 Å². The van der Waals surface area contributed by atoms with Gasteiger partial charge in [0.1, 0.15) is 6.04 Å². The standard InChI is InChI=1S/C20H19ClN4O3S2/c21-19-4-2-14(29-19)7-10-30(27,28)24-17-6-9-25(20(17)26)12-13-1-3-15-16(22)5-8-23-18(15)11-13/h1-5,7-8,10-11,17,24H,6,9,12H2,(H2,22,23)/b10-7+/t17-/m1/s1. The number of aromatic nitrogens is 1. The molecule has 1 aliphatic heterocycles. The summed E-state index contributed by atoms with van der Waals surface area (Å²) in [5.74, 6) is -0.244. The van der Waals surface area contributed by atoms with Gasteiger partial charge in [0.15, 0.2) is 0 Å². The summed E-state index contributed by atoms with van der Waals surface area (Å²) in [6.45, 7) is 0.853. The molecule has 3 aromatic rings. The fourth-order valence-corrected chi connectivity index (χ4v) is 5.42. The summed E-state index contributed by atoms with van der Waals surface area (Å²) in [6, 6.07) is 10.1. The topological polar surface area (TPSA) is 105 Å². The molecule has 3 N–H and O–H groups in total. The average molecular weight is 463 g/mol. The van der Waals surface area contributed by atoms with Crippen LogP contribution < -0.4 is 10.5 Å². The molecule has 1 atom stereocenters. The molecule has 0 spiro atoms. The Balaban J connectivity index is 1.41. The van der Waals surface area contributed by atoms with Crippen molar-refractivity contribution in [3.05, 3.63) is 62.8 Å². The van der Waals surface area contributed by atoms with Gasteiger partial charge in [-0.25, -0.2) is 8.42 Å². The van der Waals surface area contributed by atoms with Crippen molar-refractivity contribution in [2.45, 2.75) is 19.0 Å². The largest absolute Gasteiger partial charge is 0.398 e. The maximum atomic E-state index is 12.7. The van der Waals surface area contributed by atoms with Gasteiger partial charge in [0.2, 0.25) is 15.9 Å². The fraction of sp³-hybridized carbons (Fsp3) is 0.200. The van der Waals surface area contributed by atoms with E-state index >= 15 is 0 Å². The van der Waals surface area contributed by atoms with E-state index in [1.54, 1.807) is 29.3 Å². The molecule has 1 aromatic carbocycles. The summed E-state index contributed by atoms with van der Waals surface area (Å²) in [6.07, 6.45) is 3.52. The number of amides is 1. The van der Waals surface area contributed by atoms with E-state index in [0.717, 1.165) is 26.8 Å². The zero-order chi connectivity index (χ0) is 21.3. The Bertz CT molecular complexity index is 1240. The number of carbonyl (C=O) groups is 1. The molecule has 0 saturated carbocycles. The molecular weight excluding hydrogens is 444 g/mol. The zero-order valence-electron chi connectivity index (χ0n) is 15.8. The van der Waals surface area contributed by atoms with Gasteiger partial charge in [0.25, 0.3) is 0 Å². The lowest BCUT2D eigenvalue weighted by atomic mass is 10.1. The Morgan fingerprint density at radius 1 is 1.30 bits per heavy atom. The van der Waals surface area contributed by atoms with Crippen LogP contribution in [0.3, 0.4) is 0 Å². The minimum atomic E-state index is -3.76. The number of pyridine rings is 1. The molecule has 10 heteroatoms. The average Bonchev–Trinajstić information content (AvgIpc) is 3.27. The number of likely N-dealkylation sites (tertiary alicyclic amines) is 1. The monoisotopic (exact) mass is 462 g/mol. The number of hydrogen-bond donors (Lipinski definition) is 2. The van der Waals surface area contributed by atoms with Crippen LogP contribution in [0.1, 0.15) is 16.9 Å². The predicted molar refractivity (Wildman–Crippen MR) is 120 cm³/mol. The highest BCUT2D eigenvalue weighted by molar-refractivity contribution is 7.92. The molecule has 1 amide bonds. The molecule has 3 heterocycles. The second kappa shape index (κ2) is 8.35. The van der Waals surface area contributed by atoms with Crippen molar-refractivity contribution in [3.8, 4) is 0 Å². The Hall–Kier alpha value is -2.46. The van der Waals surface area contributed by atoms with Crippen molar-refractivity contribution in [2.24, 2.45) is 0 Å². The third-order valence-corrected chi connectivity index (χ3v) is 7.13. The molecule has 1 saturated heterocycles. The van der Waals surface area contributed by atoms with E-state index in [2.05, 4.69) is 9.71 Å². The highest BCUT2D eigenvalue weighted by atomic mass is 35.5. The molecule has 2 aromatic heterocycles. The number of anilines is 1. The Kier molecular flexibility index (Phi) is 5.79. The van der Waals surface area contributed by atoms with Gasteiger partial charge in [0.05, 0.1) is 9.85 Å². The van der Waals surface area contributed by atoms with Crippen molar-refractivity contribution >= 4 is 61.5 Å². The van der Waals surface area contributed by atoms with E-state index in [4.69, 9.17) is 17.3 Å². The molecule has 0 bridgehead atoms. The van der Waals surface area contributed by atoms with Crippen LogP contribution in [0, 0.1) is 0 Å². The first kappa shape index (κ1) is 20.8. The minimum Gasteiger partial charge on any atom is -0.398 e. The van der Waals surface area contributed by atoms with Gasteiger partial charge in [0, 0.05) is 40.6 Å². The highest BCUT2D eigenvalue weighted by Gasteiger charge is 2.33. The van der Waals surface area contributed by atoms with Crippen LogP contribution in [0.2, 0.25) is 4.34 Å². The lowest BCUT2D eigenvalue weighted by Crippen LogP contribution is -2.40. The van der Waals surface area contributed by atoms with E-state index < -0.39 is 16.1 Å². The van der Waals surface area contributed by atoms with Gasteiger partial charge in [-0.2, -0.15) is 4.72 Å². The Labute approximate surface area is 183 Å². The van der Waals surface area contributed by atoms with Gasteiger partial charge in [-0.05, 0) is 42.3 Å². The van der Waals surface area contributed by atoms with Gasteiger partial charge >= 0.3 is 0 Å². The molecule has 4 rings (SSSR count). The van der Waals surface area contributed by atoms with E-state index in [-0.39, 0.29) is 5.91 Å². The molecule has 1 aliphatic rings. The second-order valence-corrected chi connectivity index (χ2v) is 10.3.